The van der Waals surface area contributed by atoms with E-state index < -0.39 is 0 Å². The van der Waals surface area contributed by atoms with Gasteiger partial charge in [-0.05, 0) is 56.3 Å². The lowest BCUT2D eigenvalue weighted by Crippen LogP contribution is -2.26. The highest BCUT2D eigenvalue weighted by Gasteiger charge is 2.23. The van der Waals surface area contributed by atoms with Crippen molar-refractivity contribution in [2.45, 2.75) is 32.7 Å². The van der Waals surface area contributed by atoms with E-state index in [1.165, 1.54) is 6.08 Å². The average molecular weight is 578 g/mol. The molecular formula is C33H39N9O. The summed E-state index contributed by atoms with van der Waals surface area (Å²) in [4.78, 5) is 26.1. The predicted octanol–water partition coefficient (Wildman–Crippen LogP) is 5.77. The predicted molar refractivity (Wildman–Crippen MR) is 175 cm³/mol. The molecule has 5 rings (SSSR count). The van der Waals surface area contributed by atoms with Crippen LogP contribution in [0.1, 0.15) is 37.3 Å². The topological polar surface area (TPSA) is 114 Å². The van der Waals surface area contributed by atoms with Crippen molar-refractivity contribution in [3.63, 3.8) is 0 Å². The minimum Gasteiger partial charge on any atom is -0.382 e. The summed E-state index contributed by atoms with van der Waals surface area (Å²) in [5.41, 5.74) is 7.50. The Morgan fingerprint density at radius 2 is 2.05 bits per heavy atom. The highest BCUT2D eigenvalue weighted by Crippen LogP contribution is 2.39. The standard InChI is InChI=1S/C33H39N9O/c1-7-21(3)24-16-27(35-12-13-40(4)5)28(37-30(43)8-2)17-26(24)38-33-36-19-22(18-34)31(39-33)25-20-42-15-14-41(6)29-11-9-10-23(25)32(29)42/h8-11,16-17,19-21,35H,2,7,12-15H2,1,3-6H3,(H,37,43)(H,36,38,39). The first kappa shape index (κ1) is 29.6. The monoisotopic (exact) mass is 577 g/mol. The van der Waals surface area contributed by atoms with Crippen molar-refractivity contribution in [3.05, 3.63) is 66.5 Å². The lowest BCUT2D eigenvalue weighted by molar-refractivity contribution is -0.111. The second-order valence-corrected chi connectivity index (χ2v) is 11.2. The third-order valence-electron chi connectivity index (χ3n) is 8.03. The molecule has 3 N–H and O–H groups in total. The van der Waals surface area contributed by atoms with Gasteiger partial charge < -0.3 is 30.3 Å². The molecule has 1 unspecified atom stereocenters. The van der Waals surface area contributed by atoms with Gasteiger partial charge in [-0.1, -0.05) is 32.6 Å². The average Bonchev–Trinajstić information content (AvgIpc) is 3.38. The second kappa shape index (κ2) is 12.5. The lowest BCUT2D eigenvalue weighted by atomic mass is 9.95. The van der Waals surface area contributed by atoms with Gasteiger partial charge in [0.1, 0.15) is 6.07 Å². The van der Waals surface area contributed by atoms with E-state index in [1.807, 2.05) is 26.2 Å². The molecule has 1 amide bonds. The second-order valence-electron chi connectivity index (χ2n) is 11.2. The van der Waals surface area contributed by atoms with Gasteiger partial charge in [0.25, 0.3) is 0 Å². The molecule has 0 radical (unpaired) electrons. The highest BCUT2D eigenvalue weighted by atomic mass is 16.1. The molecule has 0 saturated heterocycles. The Labute approximate surface area is 253 Å². The molecule has 0 spiro atoms. The summed E-state index contributed by atoms with van der Waals surface area (Å²) in [5, 5.41) is 20.9. The zero-order valence-electron chi connectivity index (χ0n) is 25.5. The van der Waals surface area contributed by atoms with Crippen molar-refractivity contribution < 1.29 is 4.79 Å². The third kappa shape index (κ3) is 6.03. The Bertz CT molecular complexity index is 1720. The summed E-state index contributed by atoms with van der Waals surface area (Å²) in [6.45, 7) is 11.2. The van der Waals surface area contributed by atoms with Crippen LogP contribution in [-0.4, -0.2) is 66.1 Å². The number of aromatic nitrogens is 3. The van der Waals surface area contributed by atoms with Crippen molar-refractivity contribution in [1.82, 2.24) is 19.4 Å². The molecule has 2 aromatic heterocycles. The van der Waals surface area contributed by atoms with Gasteiger partial charge in [0.2, 0.25) is 11.9 Å². The first-order valence-corrected chi connectivity index (χ1v) is 14.6. The fraction of sp³-hybridized carbons (Fsp3) is 0.333. The quantitative estimate of drug-likeness (QED) is 0.192. The van der Waals surface area contributed by atoms with Gasteiger partial charge in [0.05, 0.1) is 40.0 Å². The largest absolute Gasteiger partial charge is 0.382 e. The Kier molecular flexibility index (Phi) is 8.64. The zero-order chi connectivity index (χ0) is 30.7. The van der Waals surface area contributed by atoms with E-state index in [2.05, 4.69) is 93.2 Å². The molecule has 0 fully saturated rings. The van der Waals surface area contributed by atoms with E-state index >= 15 is 0 Å². The van der Waals surface area contributed by atoms with Crippen LogP contribution in [0.25, 0.3) is 22.2 Å². The number of carbonyl (C=O) groups is 1. The smallest absolute Gasteiger partial charge is 0.247 e. The normalized spacial score (nSPS) is 13.1. The summed E-state index contributed by atoms with van der Waals surface area (Å²) < 4.78 is 2.24. The number of nitrogens with one attached hydrogen (secondary N) is 3. The summed E-state index contributed by atoms with van der Waals surface area (Å²) in [7, 11) is 6.14. The van der Waals surface area contributed by atoms with Crippen LogP contribution >= 0.6 is 0 Å². The number of para-hydroxylation sites is 1. The first-order chi connectivity index (χ1) is 20.7. The number of rotatable bonds is 11. The molecule has 222 valence electrons. The minimum absolute atomic E-state index is 0.217. The van der Waals surface area contributed by atoms with Crippen LogP contribution in [0.4, 0.5) is 28.7 Å². The van der Waals surface area contributed by atoms with Gasteiger partial charge >= 0.3 is 0 Å². The van der Waals surface area contributed by atoms with E-state index in [-0.39, 0.29) is 11.8 Å². The number of hydrogen-bond donors (Lipinski definition) is 3. The van der Waals surface area contributed by atoms with Crippen molar-refractivity contribution in [2.75, 3.05) is 61.6 Å². The van der Waals surface area contributed by atoms with Crippen LogP contribution < -0.4 is 20.9 Å². The number of amides is 1. The van der Waals surface area contributed by atoms with Crippen LogP contribution in [0.5, 0.6) is 0 Å². The Balaban J connectivity index is 1.59. The molecule has 0 saturated carbocycles. The minimum atomic E-state index is -0.298. The Morgan fingerprint density at radius 3 is 2.77 bits per heavy atom. The van der Waals surface area contributed by atoms with Gasteiger partial charge in [-0.2, -0.15) is 5.26 Å². The number of likely N-dealkylation sites (N-methyl/N-ethyl adjacent to an activating group) is 2. The first-order valence-electron chi connectivity index (χ1n) is 14.6. The molecule has 10 nitrogen and oxygen atoms in total. The maximum absolute atomic E-state index is 12.4. The van der Waals surface area contributed by atoms with Gasteiger partial charge in [0, 0.05) is 56.1 Å². The molecular weight excluding hydrogens is 538 g/mol. The van der Waals surface area contributed by atoms with Crippen LogP contribution in [0.3, 0.4) is 0 Å². The Morgan fingerprint density at radius 1 is 1.23 bits per heavy atom. The zero-order valence-corrected chi connectivity index (χ0v) is 25.5. The SMILES string of the molecule is C=CC(=O)Nc1cc(Nc2ncc(C#N)c(-c3cn4c5c(cccc35)N(C)CC4)n2)c(C(C)CC)cc1NCCN(C)C. The van der Waals surface area contributed by atoms with Crippen molar-refractivity contribution in [2.24, 2.45) is 0 Å². The fourth-order valence-corrected chi connectivity index (χ4v) is 5.44. The maximum Gasteiger partial charge on any atom is 0.247 e. The summed E-state index contributed by atoms with van der Waals surface area (Å²) in [6.07, 6.45) is 5.84. The van der Waals surface area contributed by atoms with E-state index in [1.54, 1.807) is 6.20 Å². The number of carbonyl (C=O) groups excluding carboxylic acids is 1. The van der Waals surface area contributed by atoms with Crippen LogP contribution in [0, 0.1) is 11.3 Å². The molecule has 1 aliphatic rings. The van der Waals surface area contributed by atoms with E-state index in [9.17, 15) is 10.1 Å². The van der Waals surface area contributed by atoms with Gasteiger partial charge in [0.15, 0.2) is 0 Å². The van der Waals surface area contributed by atoms with Gasteiger partial charge in [-0.15, -0.1) is 0 Å². The summed E-state index contributed by atoms with van der Waals surface area (Å²) in [5.74, 6) is 0.291. The molecule has 3 heterocycles. The summed E-state index contributed by atoms with van der Waals surface area (Å²) >= 11 is 0. The molecule has 0 aliphatic carbocycles. The Hall–Kier alpha value is -4.88. The van der Waals surface area contributed by atoms with Crippen molar-refractivity contribution in [3.8, 4) is 17.3 Å². The highest BCUT2D eigenvalue weighted by molar-refractivity contribution is 6.03. The van der Waals surface area contributed by atoms with Crippen LogP contribution in [-0.2, 0) is 11.3 Å². The van der Waals surface area contributed by atoms with E-state index in [0.717, 1.165) is 65.1 Å². The van der Waals surface area contributed by atoms with Gasteiger partial charge in [-0.25, -0.2) is 9.97 Å². The fourth-order valence-electron chi connectivity index (χ4n) is 5.44. The number of anilines is 5. The van der Waals surface area contributed by atoms with E-state index in [0.29, 0.717) is 29.4 Å². The van der Waals surface area contributed by atoms with Crippen molar-refractivity contribution >= 4 is 45.5 Å². The van der Waals surface area contributed by atoms with Gasteiger partial charge in [-0.3, -0.25) is 4.79 Å². The maximum atomic E-state index is 12.4. The van der Waals surface area contributed by atoms with E-state index in [4.69, 9.17) is 4.98 Å². The van der Waals surface area contributed by atoms with Crippen LogP contribution in [0.2, 0.25) is 0 Å². The number of hydrogen-bond acceptors (Lipinski definition) is 8. The molecule has 2 aromatic carbocycles. The number of nitriles is 1. The van der Waals surface area contributed by atoms with Crippen LogP contribution in [0.15, 0.2) is 55.4 Å². The molecule has 4 aromatic rings. The summed E-state index contributed by atoms with van der Waals surface area (Å²) in [6, 6.07) is 12.5. The van der Waals surface area contributed by atoms with Crippen molar-refractivity contribution in [1.29, 1.82) is 5.26 Å². The molecule has 0 bridgehead atoms. The molecule has 43 heavy (non-hydrogen) atoms. The third-order valence-corrected chi connectivity index (χ3v) is 8.03. The lowest BCUT2D eigenvalue weighted by Gasteiger charge is -2.26. The number of benzene rings is 2. The molecule has 1 aliphatic heterocycles. The molecule has 10 heteroatoms. The number of nitrogens with zero attached hydrogens (tertiary/aromatic N) is 6. The molecule has 1 atom stereocenters.